The number of nitrogens with zero attached hydrogens (tertiary/aromatic N) is 4. The largest absolute Gasteiger partial charge is 0.376 e. The third-order valence-electron chi connectivity index (χ3n) is 2.37. The molecule has 19 heavy (non-hydrogen) atoms. The minimum absolute atomic E-state index is 0.154. The number of carbonyl (C=O) groups is 1. The third-order valence-corrected chi connectivity index (χ3v) is 2.55. The fourth-order valence-electron chi connectivity index (χ4n) is 1.51. The molecule has 6 nitrogen and oxygen atoms in total. The van der Waals surface area contributed by atoms with Gasteiger partial charge in [0.05, 0.1) is 30.0 Å². The Bertz CT molecular complexity index is 602. The van der Waals surface area contributed by atoms with Gasteiger partial charge in [-0.25, -0.2) is 4.98 Å². The molecule has 98 valence electrons. The minimum atomic E-state index is -0.383. The van der Waals surface area contributed by atoms with Gasteiger partial charge >= 0.3 is 0 Å². The molecular weight excluding hydrogens is 266 g/mol. The quantitative estimate of drug-likeness (QED) is 0.927. The molecule has 0 aliphatic heterocycles. The Morgan fingerprint density at radius 1 is 1.26 bits per heavy atom. The maximum Gasteiger partial charge on any atom is 0.276 e. The average Bonchev–Trinajstić information content (AvgIpc) is 2.39. The zero-order valence-corrected chi connectivity index (χ0v) is 11.2. The number of nitrogens with one attached hydrogen (secondary N) is 1. The van der Waals surface area contributed by atoms with E-state index in [4.69, 9.17) is 11.6 Å². The topological polar surface area (TPSA) is 71.0 Å². The molecule has 0 atom stereocenters. The van der Waals surface area contributed by atoms with E-state index in [0.29, 0.717) is 5.69 Å². The fraction of sp³-hybridized carbons (Fsp3) is 0.167. The van der Waals surface area contributed by atoms with Crippen molar-refractivity contribution in [3.8, 4) is 0 Å². The molecule has 0 radical (unpaired) electrons. The third kappa shape index (κ3) is 3.17. The molecule has 0 aromatic carbocycles. The smallest absolute Gasteiger partial charge is 0.276 e. The van der Waals surface area contributed by atoms with E-state index >= 15 is 0 Å². The molecule has 0 aliphatic rings. The van der Waals surface area contributed by atoms with Crippen LogP contribution >= 0.6 is 11.6 Å². The molecular formula is C12H12ClN5O. The molecule has 0 fully saturated rings. The van der Waals surface area contributed by atoms with Gasteiger partial charge < -0.3 is 10.2 Å². The Hall–Kier alpha value is -2.21. The number of pyridine rings is 1. The van der Waals surface area contributed by atoms with E-state index in [1.165, 1.54) is 12.4 Å². The summed E-state index contributed by atoms with van der Waals surface area (Å²) in [6, 6.07) is 1.80. The van der Waals surface area contributed by atoms with Crippen molar-refractivity contribution < 1.29 is 4.79 Å². The highest BCUT2D eigenvalue weighted by molar-refractivity contribution is 6.29. The van der Waals surface area contributed by atoms with Gasteiger partial charge in [-0.05, 0) is 6.07 Å². The SMILES string of the molecule is CN(C)c1ccncc1NC(=O)c1cncc(Cl)n1. The summed E-state index contributed by atoms with van der Waals surface area (Å²) in [6.07, 6.45) is 5.95. The van der Waals surface area contributed by atoms with Gasteiger partial charge in [-0.2, -0.15) is 0 Å². The van der Waals surface area contributed by atoms with Crippen LogP contribution in [0.4, 0.5) is 11.4 Å². The minimum Gasteiger partial charge on any atom is -0.376 e. The maximum absolute atomic E-state index is 12.0. The number of hydrogen-bond acceptors (Lipinski definition) is 5. The molecule has 0 saturated heterocycles. The summed E-state index contributed by atoms with van der Waals surface area (Å²) in [4.78, 5) is 25.6. The van der Waals surface area contributed by atoms with Crippen LogP contribution in [0.15, 0.2) is 30.9 Å². The normalized spacial score (nSPS) is 10.1. The zero-order chi connectivity index (χ0) is 13.8. The molecule has 2 aromatic rings. The van der Waals surface area contributed by atoms with Crippen molar-refractivity contribution in [1.82, 2.24) is 15.0 Å². The van der Waals surface area contributed by atoms with Crippen LogP contribution in [0.3, 0.4) is 0 Å². The predicted octanol–water partition coefficient (Wildman–Crippen LogP) is 1.84. The van der Waals surface area contributed by atoms with E-state index in [0.717, 1.165) is 5.69 Å². The lowest BCUT2D eigenvalue weighted by Crippen LogP contribution is -2.18. The van der Waals surface area contributed by atoms with Gasteiger partial charge in [0.25, 0.3) is 5.91 Å². The van der Waals surface area contributed by atoms with Crippen molar-refractivity contribution in [3.63, 3.8) is 0 Å². The zero-order valence-electron chi connectivity index (χ0n) is 10.5. The standard InChI is InChI=1S/C12H12ClN5O/c1-18(2)10-3-4-14-5-8(10)17-12(19)9-6-15-7-11(13)16-9/h3-7H,1-2H3,(H,17,19). The van der Waals surface area contributed by atoms with Gasteiger partial charge in [0.2, 0.25) is 0 Å². The lowest BCUT2D eigenvalue weighted by molar-refractivity contribution is 0.102. The second-order valence-corrected chi connectivity index (χ2v) is 4.36. The van der Waals surface area contributed by atoms with Crippen LogP contribution in [-0.2, 0) is 0 Å². The van der Waals surface area contributed by atoms with Crippen molar-refractivity contribution in [3.05, 3.63) is 41.7 Å². The van der Waals surface area contributed by atoms with E-state index < -0.39 is 0 Å². The van der Waals surface area contributed by atoms with Crippen LogP contribution < -0.4 is 10.2 Å². The highest BCUT2D eigenvalue weighted by atomic mass is 35.5. The number of halogens is 1. The van der Waals surface area contributed by atoms with Crippen LogP contribution in [0, 0.1) is 0 Å². The predicted molar refractivity (Wildman–Crippen MR) is 73.6 cm³/mol. The second kappa shape index (κ2) is 5.62. The van der Waals surface area contributed by atoms with E-state index in [1.54, 1.807) is 18.5 Å². The van der Waals surface area contributed by atoms with Gasteiger partial charge in [-0.15, -0.1) is 0 Å². The summed E-state index contributed by atoms with van der Waals surface area (Å²) in [5.74, 6) is -0.383. The molecule has 0 bridgehead atoms. The van der Waals surface area contributed by atoms with Crippen LogP contribution in [0.5, 0.6) is 0 Å². The van der Waals surface area contributed by atoms with E-state index in [2.05, 4.69) is 20.3 Å². The van der Waals surface area contributed by atoms with Gasteiger partial charge in [0.1, 0.15) is 10.8 Å². The van der Waals surface area contributed by atoms with Crippen molar-refractivity contribution >= 4 is 28.9 Å². The van der Waals surface area contributed by atoms with Crippen molar-refractivity contribution in [2.24, 2.45) is 0 Å². The summed E-state index contributed by atoms with van der Waals surface area (Å²) in [6.45, 7) is 0. The Balaban J connectivity index is 2.24. The molecule has 0 unspecified atom stereocenters. The molecule has 1 N–H and O–H groups in total. The summed E-state index contributed by atoms with van der Waals surface area (Å²) >= 11 is 5.70. The van der Waals surface area contributed by atoms with Crippen molar-refractivity contribution in [2.75, 3.05) is 24.3 Å². The molecule has 2 heterocycles. The number of carbonyl (C=O) groups excluding carboxylic acids is 1. The van der Waals surface area contributed by atoms with Crippen LogP contribution in [-0.4, -0.2) is 35.0 Å². The molecule has 7 heteroatoms. The molecule has 1 amide bonds. The first-order valence-corrected chi connectivity index (χ1v) is 5.86. The number of amides is 1. The second-order valence-electron chi connectivity index (χ2n) is 3.97. The number of aromatic nitrogens is 3. The highest BCUT2D eigenvalue weighted by Crippen LogP contribution is 2.22. The Labute approximate surface area is 115 Å². The van der Waals surface area contributed by atoms with Gasteiger partial charge in [-0.3, -0.25) is 14.8 Å². The number of rotatable bonds is 3. The Morgan fingerprint density at radius 2 is 2.05 bits per heavy atom. The Kier molecular flexibility index (Phi) is 3.91. The average molecular weight is 278 g/mol. The first-order chi connectivity index (χ1) is 9.08. The Morgan fingerprint density at radius 3 is 2.74 bits per heavy atom. The van der Waals surface area contributed by atoms with Crippen LogP contribution in [0.1, 0.15) is 10.5 Å². The first kappa shape index (κ1) is 13.2. The summed E-state index contributed by atoms with van der Waals surface area (Å²) in [5, 5.41) is 2.90. The van der Waals surface area contributed by atoms with Crippen LogP contribution in [0.25, 0.3) is 0 Å². The van der Waals surface area contributed by atoms with E-state index in [1.807, 2.05) is 19.0 Å². The highest BCUT2D eigenvalue weighted by Gasteiger charge is 2.12. The number of anilines is 2. The van der Waals surface area contributed by atoms with E-state index in [-0.39, 0.29) is 16.8 Å². The van der Waals surface area contributed by atoms with Crippen LogP contribution in [0.2, 0.25) is 5.15 Å². The summed E-state index contributed by atoms with van der Waals surface area (Å²) in [7, 11) is 3.76. The number of hydrogen-bond donors (Lipinski definition) is 1. The van der Waals surface area contributed by atoms with Gasteiger partial charge in [0.15, 0.2) is 0 Å². The lowest BCUT2D eigenvalue weighted by Gasteiger charge is -2.16. The van der Waals surface area contributed by atoms with Crippen molar-refractivity contribution in [1.29, 1.82) is 0 Å². The summed E-state index contributed by atoms with van der Waals surface area (Å²) < 4.78 is 0. The first-order valence-electron chi connectivity index (χ1n) is 5.48. The molecule has 0 aliphatic carbocycles. The summed E-state index contributed by atoms with van der Waals surface area (Å²) in [5.41, 5.74) is 1.60. The fourth-order valence-corrected chi connectivity index (χ4v) is 1.66. The maximum atomic E-state index is 12.0. The van der Waals surface area contributed by atoms with Gasteiger partial charge in [-0.1, -0.05) is 11.6 Å². The lowest BCUT2D eigenvalue weighted by atomic mass is 10.3. The monoisotopic (exact) mass is 277 g/mol. The molecule has 0 spiro atoms. The van der Waals surface area contributed by atoms with E-state index in [9.17, 15) is 4.79 Å². The molecule has 2 rings (SSSR count). The van der Waals surface area contributed by atoms with Crippen molar-refractivity contribution in [2.45, 2.75) is 0 Å². The molecule has 0 saturated carbocycles. The molecule has 2 aromatic heterocycles. The van der Waals surface area contributed by atoms with Gasteiger partial charge in [0, 0.05) is 20.3 Å².